The molecule has 0 bridgehead atoms. The van der Waals surface area contributed by atoms with Gasteiger partial charge in [0.1, 0.15) is 5.01 Å². The second-order valence-corrected chi connectivity index (χ2v) is 9.18. The molecule has 2 heteroatoms. The molecule has 27 heavy (non-hydrogen) atoms. The van der Waals surface area contributed by atoms with Crippen molar-refractivity contribution in [2.75, 3.05) is 0 Å². The Bertz CT molecular complexity index is 904. The third-order valence-corrected chi connectivity index (χ3v) is 7.12. The van der Waals surface area contributed by atoms with Crippen molar-refractivity contribution in [3.63, 3.8) is 0 Å². The van der Waals surface area contributed by atoms with E-state index in [4.69, 9.17) is 4.98 Å². The number of thiazole rings is 1. The lowest BCUT2D eigenvalue weighted by molar-refractivity contribution is 0.463. The summed E-state index contributed by atoms with van der Waals surface area (Å²) in [6.07, 6.45) is 9.23. The van der Waals surface area contributed by atoms with Crippen LogP contribution in [0.2, 0.25) is 0 Å². The van der Waals surface area contributed by atoms with Crippen LogP contribution in [0.4, 0.5) is 0 Å². The molecule has 2 aliphatic rings. The van der Waals surface area contributed by atoms with Crippen molar-refractivity contribution in [2.24, 2.45) is 11.8 Å². The Morgan fingerprint density at radius 1 is 1.15 bits per heavy atom. The Kier molecular flexibility index (Phi) is 5.19. The molecule has 0 saturated heterocycles. The molecular formula is C25H29NS. The van der Waals surface area contributed by atoms with Crippen LogP contribution in [0.3, 0.4) is 0 Å². The highest BCUT2D eigenvalue weighted by atomic mass is 32.1. The first-order chi connectivity index (χ1) is 13.0. The molecule has 2 aliphatic carbocycles. The Balaban J connectivity index is 1.65. The summed E-state index contributed by atoms with van der Waals surface area (Å²) < 4.78 is 0. The maximum atomic E-state index is 5.04. The molecule has 0 aliphatic heterocycles. The molecule has 4 rings (SSSR count). The SMILES string of the molecule is C=C(C)C1=C(C)C(CC2CCCC2)C(c2csc(-c3ccc(C)cc3)n2)=C1. The van der Waals surface area contributed by atoms with Crippen molar-refractivity contribution in [3.8, 4) is 10.6 Å². The zero-order chi connectivity index (χ0) is 19.0. The number of benzene rings is 1. The van der Waals surface area contributed by atoms with Gasteiger partial charge in [0.25, 0.3) is 0 Å². The van der Waals surface area contributed by atoms with Gasteiger partial charge in [-0.15, -0.1) is 11.3 Å². The molecule has 1 unspecified atom stereocenters. The van der Waals surface area contributed by atoms with Crippen LogP contribution < -0.4 is 0 Å². The van der Waals surface area contributed by atoms with Gasteiger partial charge in [0.05, 0.1) is 5.69 Å². The van der Waals surface area contributed by atoms with Crippen molar-refractivity contribution in [3.05, 3.63) is 70.3 Å². The quantitative estimate of drug-likeness (QED) is 0.524. The van der Waals surface area contributed by atoms with Gasteiger partial charge in [-0.3, -0.25) is 0 Å². The monoisotopic (exact) mass is 375 g/mol. The molecule has 1 saturated carbocycles. The highest BCUT2D eigenvalue weighted by Crippen LogP contribution is 2.46. The summed E-state index contributed by atoms with van der Waals surface area (Å²) in [5, 5.41) is 3.36. The number of aromatic nitrogens is 1. The summed E-state index contributed by atoms with van der Waals surface area (Å²) in [5.74, 6) is 1.38. The lowest BCUT2D eigenvalue weighted by atomic mass is 9.84. The average molecular weight is 376 g/mol. The van der Waals surface area contributed by atoms with Crippen molar-refractivity contribution in [1.82, 2.24) is 4.98 Å². The molecule has 0 spiro atoms. The lowest BCUT2D eigenvalue weighted by Gasteiger charge is -2.20. The lowest BCUT2D eigenvalue weighted by Crippen LogP contribution is -2.08. The predicted octanol–water partition coefficient (Wildman–Crippen LogP) is 7.60. The fraction of sp³-hybridized carbons (Fsp3) is 0.400. The van der Waals surface area contributed by atoms with E-state index in [0.29, 0.717) is 5.92 Å². The van der Waals surface area contributed by atoms with Crippen LogP contribution in [-0.4, -0.2) is 4.98 Å². The molecule has 140 valence electrons. The molecule has 1 nitrogen and oxygen atoms in total. The van der Waals surface area contributed by atoms with Crippen LogP contribution in [0.1, 0.15) is 57.2 Å². The maximum Gasteiger partial charge on any atom is 0.124 e. The number of allylic oxidation sites excluding steroid dienone is 5. The number of aryl methyl sites for hydroxylation is 1. The third kappa shape index (κ3) is 3.73. The second kappa shape index (κ2) is 7.59. The Labute approximate surface area is 167 Å². The molecule has 0 amide bonds. The molecule has 1 heterocycles. The van der Waals surface area contributed by atoms with Gasteiger partial charge in [-0.05, 0) is 50.3 Å². The minimum atomic E-state index is 0.507. The van der Waals surface area contributed by atoms with E-state index in [1.807, 2.05) is 0 Å². The summed E-state index contributed by atoms with van der Waals surface area (Å²) in [7, 11) is 0. The van der Waals surface area contributed by atoms with E-state index in [1.54, 1.807) is 11.3 Å². The fourth-order valence-electron chi connectivity index (χ4n) is 4.62. The number of hydrogen-bond donors (Lipinski definition) is 0. The van der Waals surface area contributed by atoms with Crippen LogP contribution >= 0.6 is 11.3 Å². The minimum Gasteiger partial charge on any atom is -0.236 e. The second-order valence-electron chi connectivity index (χ2n) is 8.32. The van der Waals surface area contributed by atoms with Crippen molar-refractivity contribution < 1.29 is 0 Å². The summed E-state index contributed by atoms with van der Waals surface area (Å²) >= 11 is 1.76. The zero-order valence-corrected chi connectivity index (χ0v) is 17.5. The third-order valence-electron chi connectivity index (χ3n) is 6.22. The standard InChI is InChI=1S/C25H29NS/c1-16(2)21-14-23(22(18(21)4)13-19-7-5-6-8-19)24-15-27-25(26-24)20-11-9-17(3)10-12-20/h9-12,14-15,19,22H,1,5-8,13H2,2-4H3. The zero-order valence-electron chi connectivity index (χ0n) is 16.7. The van der Waals surface area contributed by atoms with Crippen LogP contribution in [0.5, 0.6) is 0 Å². The molecule has 1 aromatic heterocycles. The van der Waals surface area contributed by atoms with Gasteiger partial charge in [-0.2, -0.15) is 0 Å². The van der Waals surface area contributed by atoms with Gasteiger partial charge in [0.2, 0.25) is 0 Å². The number of nitrogens with zero attached hydrogens (tertiary/aromatic N) is 1. The molecule has 0 N–H and O–H groups in total. The van der Waals surface area contributed by atoms with Crippen LogP contribution in [-0.2, 0) is 0 Å². The van der Waals surface area contributed by atoms with E-state index in [-0.39, 0.29) is 0 Å². The van der Waals surface area contributed by atoms with Crippen molar-refractivity contribution in [1.29, 1.82) is 0 Å². The Morgan fingerprint density at radius 3 is 2.52 bits per heavy atom. The molecule has 1 fully saturated rings. The normalized spacial score (nSPS) is 20.4. The van der Waals surface area contributed by atoms with Crippen molar-refractivity contribution >= 4 is 16.9 Å². The minimum absolute atomic E-state index is 0.507. The Morgan fingerprint density at radius 2 is 1.85 bits per heavy atom. The largest absolute Gasteiger partial charge is 0.236 e. The summed E-state index contributed by atoms with van der Waals surface area (Å²) in [5.41, 5.74) is 9.09. The highest BCUT2D eigenvalue weighted by Gasteiger charge is 2.31. The molecule has 0 radical (unpaired) electrons. The van der Waals surface area contributed by atoms with Gasteiger partial charge in [-0.25, -0.2) is 4.98 Å². The summed E-state index contributed by atoms with van der Waals surface area (Å²) in [6.45, 7) is 10.8. The van der Waals surface area contributed by atoms with Gasteiger partial charge in [0.15, 0.2) is 0 Å². The van der Waals surface area contributed by atoms with Crippen LogP contribution in [0.15, 0.2) is 59.0 Å². The molecule has 1 atom stereocenters. The first-order valence-electron chi connectivity index (χ1n) is 10.1. The van der Waals surface area contributed by atoms with Crippen LogP contribution in [0, 0.1) is 18.8 Å². The highest BCUT2D eigenvalue weighted by molar-refractivity contribution is 7.13. The van der Waals surface area contributed by atoms with E-state index < -0.39 is 0 Å². The van der Waals surface area contributed by atoms with Gasteiger partial charge >= 0.3 is 0 Å². The van der Waals surface area contributed by atoms with Crippen molar-refractivity contribution in [2.45, 2.75) is 52.9 Å². The van der Waals surface area contributed by atoms with E-state index in [2.05, 4.69) is 63.1 Å². The first kappa shape index (κ1) is 18.4. The summed E-state index contributed by atoms with van der Waals surface area (Å²) in [6, 6.07) is 8.69. The van der Waals surface area contributed by atoms with Gasteiger partial charge in [-0.1, -0.05) is 73.2 Å². The van der Waals surface area contributed by atoms with Crippen LogP contribution in [0.25, 0.3) is 16.1 Å². The molecule has 2 aromatic rings. The van der Waals surface area contributed by atoms with E-state index >= 15 is 0 Å². The number of hydrogen-bond acceptors (Lipinski definition) is 2. The fourth-order valence-corrected chi connectivity index (χ4v) is 5.46. The first-order valence-corrected chi connectivity index (χ1v) is 11.0. The number of rotatable bonds is 5. The predicted molar refractivity (Wildman–Crippen MR) is 118 cm³/mol. The maximum absolute atomic E-state index is 5.04. The van der Waals surface area contributed by atoms with E-state index in [0.717, 1.165) is 16.6 Å². The summed E-state index contributed by atoms with van der Waals surface area (Å²) in [4.78, 5) is 5.04. The average Bonchev–Trinajstić information content (AvgIpc) is 3.38. The van der Waals surface area contributed by atoms with E-state index in [1.165, 1.54) is 65.5 Å². The molecular weight excluding hydrogens is 346 g/mol. The Hall–Kier alpha value is -1.93. The van der Waals surface area contributed by atoms with Gasteiger partial charge < -0.3 is 0 Å². The van der Waals surface area contributed by atoms with Gasteiger partial charge in [0, 0.05) is 16.9 Å². The molecule has 1 aromatic carbocycles. The topological polar surface area (TPSA) is 12.9 Å². The smallest absolute Gasteiger partial charge is 0.124 e. The van der Waals surface area contributed by atoms with E-state index in [9.17, 15) is 0 Å².